The van der Waals surface area contributed by atoms with Crippen LogP contribution in [0.1, 0.15) is 25.0 Å². The van der Waals surface area contributed by atoms with Crippen LogP contribution in [0.25, 0.3) is 0 Å². The van der Waals surface area contributed by atoms with Gasteiger partial charge < -0.3 is 5.73 Å². The van der Waals surface area contributed by atoms with E-state index in [9.17, 15) is 0 Å². The van der Waals surface area contributed by atoms with Crippen molar-refractivity contribution in [2.24, 2.45) is 16.0 Å². The van der Waals surface area contributed by atoms with Gasteiger partial charge in [-0.05, 0) is 42.3 Å². The zero-order valence-corrected chi connectivity index (χ0v) is 9.84. The molecule has 3 nitrogen and oxygen atoms in total. The fraction of sp³-hybridized carbons (Fsp3) is 0.364. The highest BCUT2D eigenvalue weighted by Gasteiger charge is 2.04. The Morgan fingerprint density at radius 3 is 2.60 bits per heavy atom. The molecule has 15 heavy (non-hydrogen) atoms. The first-order valence-electron chi connectivity index (χ1n) is 5.01. The molecule has 0 heterocycles. The molecule has 0 atom stereocenters. The zero-order chi connectivity index (χ0) is 11.3. The molecule has 0 aliphatic rings. The third-order valence-electron chi connectivity index (χ3n) is 2.24. The molecule has 2 N–H and O–H groups in total. The molecule has 0 saturated heterocycles. The summed E-state index contributed by atoms with van der Waals surface area (Å²) in [6.45, 7) is 4.23. The van der Waals surface area contributed by atoms with E-state index in [0.29, 0.717) is 0 Å². The van der Waals surface area contributed by atoms with Crippen molar-refractivity contribution in [3.63, 3.8) is 0 Å². The van der Waals surface area contributed by atoms with Crippen LogP contribution in [-0.2, 0) is 12.8 Å². The number of rotatable bonds is 3. The molecule has 4 heteroatoms. The number of hydrogen-bond donors (Lipinski definition) is 1. The maximum Gasteiger partial charge on any atom is 0.211 e. The molecular formula is C11H15N3S. The first kappa shape index (κ1) is 11.8. The highest BCUT2D eigenvalue weighted by Crippen LogP contribution is 2.24. The Kier molecular flexibility index (Phi) is 4.37. The van der Waals surface area contributed by atoms with Crippen LogP contribution in [0.15, 0.2) is 28.4 Å². The summed E-state index contributed by atoms with van der Waals surface area (Å²) >= 11 is 4.65. The lowest BCUT2D eigenvalue weighted by molar-refractivity contribution is 1.03. The number of nitrogens with two attached hydrogens (primary N) is 1. The third-order valence-corrected chi connectivity index (χ3v) is 2.32. The molecule has 0 aliphatic carbocycles. The van der Waals surface area contributed by atoms with Crippen molar-refractivity contribution in [2.45, 2.75) is 26.7 Å². The number of benzene rings is 1. The van der Waals surface area contributed by atoms with Crippen molar-refractivity contribution >= 4 is 23.0 Å². The molecule has 1 aromatic carbocycles. The maximum absolute atomic E-state index is 5.27. The van der Waals surface area contributed by atoms with Crippen LogP contribution in [0.2, 0.25) is 0 Å². The summed E-state index contributed by atoms with van der Waals surface area (Å²) in [6, 6.07) is 6.02. The third kappa shape index (κ3) is 3.09. The van der Waals surface area contributed by atoms with Crippen LogP contribution in [-0.4, -0.2) is 5.11 Å². The summed E-state index contributed by atoms with van der Waals surface area (Å²) < 4.78 is 0. The number of nitrogens with zero attached hydrogens (tertiary/aromatic N) is 2. The Morgan fingerprint density at radius 2 is 2.07 bits per heavy atom. The van der Waals surface area contributed by atoms with Gasteiger partial charge in [0.15, 0.2) is 0 Å². The summed E-state index contributed by atoms with van der Waals surface area (Å²) in [7, 11) is 0. The lowest BCUT2D eigenvalue weighted by Gasteiger charge is -2.07. The van der Waals surface area contributed by atoms with Crippen molar-refractivity contribution in [1.82, 2.24) is 0 Å². The Hall–Kier alpha value is -1.29. The number of aryl methyl sites for hydroxylation is 1. The van der Waals surface area contributed by atoms with E-state index < -0.39 is 0 Å². The summed E-state index contributed by atoms with van der Waals surface area (Å²) in [5.41, 5.74) is 8.66. The topological polar surface area (TPSA) is 50.7 Å². The predicted molar refractivity (Wildman–Crippen MR) is 66.5 cm³/mol. The van der Waals surface area contributed by atoms with E-state index in [0.717, 1.165) is 18.5 Å². The molecule has 1 rings (SSSR count). The van der Waals surface area contributed by atoms with E-state index in [1.54, 1.807) is 0 Å². The SMILES string of the molecule is CCc1cccc(N=NC(N)=S)c1CC. The number of thiocarbonyl (C=S) groups is 1. The largest absolute Gasteiger partial charge is 0.373 e. The van der Waals surface area contributed by atoms with Crippen molar-refractivity contribution in [3.8, 4) is 0 Å². The van der Waals surface area contributed by atoms with Gasteiger partial charge in [0, 0.05) is 0 Å². The monoisotopic (exact) mass is 221 g/mol. The van der Waals surface area contributed by atoms with E-state index in [1.165, 1.54) is 11.1 Å². The van der Waals surface area contributed by atoms with Gasteiger partial charge in [0.2, 0.25) is 5.11 Å². The molecule has 0 aliphatic heterocycles. The first-order valence-corrected chi connectivity index (χ1v) is 5.41. The van der Waals surface area contributed by atoms with Gasteiger partial charge in [0.05, 0.1) is 5.69 Å². The summed E-state index contributed by atoms with van der Waals surface area (Å²) in [5.74, 6) is 0. The van der Waals surface area contributed by atoms with Crippen LogP contribution in [0.5, 0.6) is 0 Å². The van der Waals surface area contributed by atoms with Crippen LogP contribution in [0, 0.1) is 0 Å². The first-order chi connectivity index (χ1) is 7.19. The highest BCUT2D eigenvalue weighted by molar-refractivity contribution is 7.80. The van der Waals surface area contributed by atoms with Gasteiger partial charge in [-0.1, -0.05) is 26.0 Å². The minimum Gasteiger partial charge on any atom is -0.373 e. The van der Waals surface area contributed by atoms with Gasteiger partial charge in [-0.3, -0.25) is 0 Å². The molecule has 0 saturated carbocycles. The van der Waals surface area contributed by atoms with Crippen LogP contribution >= 0.6 is 12.2 Å². The van der Waals surface area contributed by atoms with Gasteiger partial charge in [-0.25, -0.2) is 0 Å². The average molecular weight is 221 g/mol. The van der Waals surface area contributed by atoms with Crippen molar-refractivity contribution in [1.29, 1.82) is 0 Å². The normalized spacial score (nSPS) is 10.8. The molecule has 0 aromatic heterocycles. The van der Waals surface area contributed by atoms with Gasteiger partial charge in [-0.2, -0.15) is 0 Å². The lowest BCUT2D eigenvalue weighted by atomic mass is 10.0. The summed E-state index contributed by atoms with van der Waals surface area (Å²) in [4.78, 5) is 0. The average Bonchev–Trinajstić information content (AvgIpc) is 2.25. The molecule has 0 unspecified atom stereocenters. The summed E-state index contributed by atoms with van der Waals surface area (Å²) in [5, 5.41) is 7.83. The molecular weight excluding hydrogens is 206 g/mol. The van der Waals surface area contributed by atoms with Crippen LogP contribution in [0.3, 0.4) is 0 Å². The smallest absolute Gasteiger partial charge is 0.211 e. The standard InChI is InChI=1S/C11H15N3S/c1-3-8-6-5-7-10(9(8)4-2)13-14-11(12)15/h5-7H,3-4H2,1-2H3,(H2,12,15). The van der Waals surface area contributed by atoms with Crippen molar-refractivity contribution in [3.05, 3.63) is 29.3 Å². The lowest BCUT2D eigenvalue weighted by Crippen LogP contribution is -2.01. The molecule has 0 spiro atoms. The molecule has 0 amide bonds. The minimum atomic E-state index is 0.0685. The second-order valence-electron chi connectivity index (χ2n) is 3.16. The van der Waals surface area contributed by atoms with Gasteiger partial charge in [0.1, 0.15) is 0 Å². The van der Waals surface area contributed by atoms with Crippen LogP contribution in [0.4, 0.5) is 5.69 Å². The number of hydrogen-bond acceptors (Lipinski definition) is 2. The number of azo groups is 1. The van der Waals surface area contributed by atoms with Crippen molar-refractivity contribution in [2.75, 3.05) is 0 Å². The Labute approximate surface area is 95.4 Å². The van der Waals surface area contributed by atoms with Gasteiger partial charge in [0.25, 0.3) is 0 Å². The Balaban J connectivity index is 3.11. The minimum absolute atomic E-state index is 0.0685. The molecule has 1 aromatic rings. The maximum atomic E-state index is 5.27. The quantitative estimate of drug-likeness (QED) is 0.629. The molecule has 0 bridgehead atoms. The van der Waals surface area contributed by atoms with E-state index in [4.69, 9.17) is 5.73 Å². The fourth-order valence-corrected chi connectivity index (χ4v) is 1.60. The zero-order valence-electron chi connectivity index (χ0n) is 9.03. The second kappa shape index (κ2) is 5.56. The fourth-order valence-electron chi connectivity index (χ4n) is 1.56. The van der Waals surface area contributed by atoms with E-state index in [1.807, 2.05) is 12.1 Å². The predicted octanol–water partition coefficient (Wildman–Crippen LogP) is 3.14. The van der Waals surface area contributed by atoms with E-state index in [2.05, 4.69) is 42.4 Å². The van der Waals surface area contributed by atoms with Gasteiger partial charge >= 0.3 is 0 Å². The molecule has 0 fully saturated rings. The van der Waals surface area contributed by atoms with E-state index >= 15 is 0 Å². The Morgan fingerprint density at radius 1 is 1.33 bits per heavy atom. The summed E-state index contributed by atoms with van der Waals surface area (Å²) in [6.07, 6.45) is 1.94. The highest BCUT2D eigenvalue weighted by atomic mass is 32.1. The van der Waals surface area contributed by atoms with Crippen molar-refractivity contribution < 1.29 is 0 Å². The van der Waals surface area contributed by atoms with Crippen LogP contribution < -0.4 is 5.73 Å². The second-order valence-corrected chi connectivity index (χ2v) is 3.58. The Bertz CT molecular complexity index is 385. The van der Waals surface area contributed by atoms with E-state index in [-0.39, 0.29) is 5.11 Å². The molecule has 80 valence electrons. The van der Waals surface area contributed by atoms with Gasteiger partial charge in [-0.15, -0.1) is 10.2 Å². The molecule has 0 radical (unpaired) electrons.